The summed E-state index contributed by atoms with van der Waals surface area (Å²) in [5, 5.41) is 1.99. The Labute approximate surface area is 222 Å². The predicted octanol–water partition coefficient (Wildman–Crippen LogP) is 7.05. The van der Waals surface area contributed by atoms with Crippen molar-refractivity contribution in [1.29, 1.82) is 0 Å². The summed E-state index contributed by atoms with van der Waals surface area (Å²) in [5.74, 6) is 1.65. The molecule has 0 spiro atoms. The van der Waals surface area contributed by atoms with Gasteiger partial charge in [-0.1, -0.05) is 36.4 Å². The zero-order valence-corrected chi connectivity index (χ0v) is 19.7. The molecule has 37 heavy (non-hydrogen) atoms. The zero-order chi connectivity index (χ0) is 29.9. The van der Waals surface area contributed by atoms with Gasteiger partial charge in [0.2, 0.25) is 6.33 Å². The van der Waals surface area contributed by atoms with Gasteiger partial charge in [-0.25, -0.2) is 9.55 Å². The molecule has 3 aromatic heterocycles. The topological polar surface area (TPSA) is 35.9 Å². The van der Waals surface area contributed by atoms with E-state index in [1.54, 1.807) is 18.5 Å². The summed E-state index contributed by atoms with van der Waals surface area (Å²) in [6.45, 7) is -4.59. The molecule has 0 aliphatic heterocycles. The van der Waals surface area contributed by atoms with Crippen LogP contribution in [0.15, 0.2) is 116 Å². The number of pyridine rings is 1. The predicted molar refractivity (Wildman–Crippen MR) is 148 cm³/mol. The highest BCUT2D eigenvalue weighted by Crippen LogP contribution is 2.35. The maximum atomic E-state index is 7.97. The van der Waals surface area contributed by atoms with Gasteiger partial charge < -0.3 is 4.74 Å². The Bertz CT molecular complexity index is 2160. The van der Waals surface area contributed by atoms with Crippen LogP contribution in [-0.2, 0) is 6.98 Å². The van der Waals surface area contributed by atoms with E-state index < -0.39 is 13.8 Å². The second-order valence-corrected chi connectivity index (χ2v) is 8.88. The first-order valence-electron chi connectivity index (χ1n) is 14.9. The summed E-state index contributed by atoms with van der Waals surface area (Å²) in [6.07, 6.45) is 3.10. The number of rotatable bonds is 4. The van der Waals surface area contributed by atoms with Gasteiger partial charge >= 0.3 is 0 Å². The fourth-order valence-corrected chi connectivity index (χ4v) is 4.95. The van der Waals surface area contributed by atoms with Gasteiger partial charge in [0.1, 0.15) is 23.0 Å². The molecule has 5 nitrogen and oxygen atoms in total. The number of benzene rings is 4. The average molecular weight is 488 g/mol. The fraction of sp³-hybridized carbons (Fsp3) is 0.0625. The smallest absolute Gasteiger partial charge is 0.249 e. The minimum atomic E-state index is -2.33. The molecule has 0 atom stereocenters. The van der Waals surface area contributed by atoms with Crippen LogP contribution in [-0.4, -0.2) is 14.1 Å². The van der Waals surface area contributed by atoms with Crippen molar-refractivity contribution >= 4 is 32.8 Å². The molecule has 4 aromatic carbocycles. The molecule has 0 saturated carbocycles. The first-order valence-corrected chi connectivity index (χ1v) is 11.9. The van der Waals surface area contributed by atoms with Crippen LogP contribution >= 0.6 is 0 Å². The summed E-state index contributed by atoms with van der Waals surface area (Å²) in [4.78, 5) is 4.53. The Kier molecular flexibility index (Phi) is 3.60. The summed E-state index contributed by atoms with van der Waals surface area (Å²) >= 11 is 0. The molecule has 0 bridgehead atoms. The Morgan fingerprint density at radius 2 is 1.59 bits per heavy atom. The lowest BCUT2D eigenvalue weighted by Crippen LogP contribution is -2.25. The maximum Gasteiger partial charge on any atom is 0.249 e. The third-order valence-corrected chi connectivity index (χ3v) is 6.58. The molecular weight excluding hydrogens is 456 g/mol. The number of imidazole rings is 1. The van der Waals surface area contributed by atoms with Crippen LogP contribution in [0, 0.1) is 6.85 Å². The molecular formula is C32H25N4O+. The number of aromatic nitrogens is 4. The van der Waals surface area contributed by atoms with Gasteiger partial charge in [0.15, 0.2) is 11.0 Å². The third-order valence-electron chi connectivity index (χ3n) is 6.58. The molecule has 7 aromatic rings. The first kappa shape index (κ1) is 16.0. The fourth-order valence-electron chi connectivity index (χ4n) is 4.95. The molecule has 0 fully saturated rings. The van der Waals surface area contributed by atoms with E-state index in [4.69, 9.17) is 13.0 Å². The molecule has 0 aliphatic carbocycles. The van der Waals surface area contributed by atoms with Crippen LogP contribution in [0.3, 0.4) is 0 Å². The van der Waals surface area contributed by atoms with Crippen LogP contribution in [0.2, 0.25) is 0 Å². The number of hydrogen-bond donors (Lipinski definition) is 0. The molecule has 0 amide bonds. The quantitative estimate of drug-likeness (QED) is 0.250. The highest BCUT2D eigenvalue weighted by atomic mass is 16.5. The largest absolute Gasteiger partial charge is 0.457 e. The SMILES string of the molecule is [2H]C([2H])([2H])c1ccnc(-n2c3ccccc3c3ccc(Oc4cccc(-n5c[n+](C([2H])([2H])[2H])c6ccccc65)c4)cc32)c1. The van der Waals surface area contributed by atoms with Crippen molar-refractivity contribution < 1.29 is 17.5 Å². The van der Waals surface area contributed by atoms with E-state index in [1.807, 2.05) is 94.1 Å². The van der Waals surface area contributed by atoms with Gasteiger partial charge in [-0.2, -0.15) is 4.57 Å². The van der Waals surface area contributed by atoms with Crippen molar-refractivity contribution in [3.05, 3.63) is 121 Å². The van der Waals surface area contributed by atoms with Gasteiger partial charge in [0, 0.05) is 33.2 Å². The van der Waals surface area contributed by atoms with Crippen molar-refractivity contribution in [2.24, 2.45) is 6.98 Å². The highest BCUT2D eigenvalue weighted by Gasteiger charge is 2.16. The van der Waals surface area contributed by atoms with Crippen molar-refractivity contribution in [2.45, 2.75) is 6.85 Å². The highest BCUT2D eigenvalue weighted by molar-refractivity contribution is 6.09. The van der Waals surface area contributed by atoms with Gasteiger partial charge in [-0.15, -0.1) is 0 Å². The van der Waals surface area contributed by atoms with Gasteiger partial charge in [0.05, 0.1) is 22.1 Å². The molecule has 0 saturated heterocycles. The van der Waals surface area contributed by atoms with Crippen molar-refractivity contribution in [2.75, 3.05) is 0 Å². The number of para-hydroxylation sites is 3. The second kappa shape index (κ2) is 8.35. The van der Waals surface area contributed by atoms with Gasteiger partial charge in [-0.3, -0.25) is 4.57 Å². The summed E-state index contributed by atoms with van der Waals surface area (Å²) in [6, 6.07) is 31.6. The number of nitrogens with zero attached hydrogens (tertiary/aromatic N) is 4. The molecule has 0 radical (unpaired) electrons. The summed E-state index contributed by atoms with van der Waals surface area (Å²) < 4.78 is 59.0. The number of hydrogen-bond acceptors (Lipinski definition) is 2. The molecule has 0 N–H and O–H groups in total. The Morgan fingerprint density at radius 3 is 2.51 bits per heavy atom. The molecule has 3 heterocycles. The van der Waals surface area contributed by atoms with E-state index in [0.29, 0.717) is 22.8 Å². The van der Waals surface area contributed by atoms with E-state index in [-0.39, 0.29) is 5.56 Å². The summed E-state index contributed by atoms with van der Waals surface area (Å²) in [5.41, 5.74) is 4.04. The maximum absolute atomic E-state index is 7.97. The standard InChI is InChI=1S/C32H25N4O/c1-22-16-17-33-32(18-22)36-28-11-4-3-10-26(28)27-15-14-25(20-31(27)36)37-24-9-7-8-23(19-24)35-21-34(2)29-12-5-6-13-30(29)35/h3-21H,1-2H3/q+1/i1D3,2D3. The average Bonchev–Trinajstić information content (AvgIpc) is 3.53. The lowest BCUT2D eigenvalue weighted by molar-refractivity contribution is -0.645. The molecule has 0 aliphatic rings. The van der Waals surface area contributed by atoms with Crippen molar-refractivity contribution in [1.82, 2.24) is 14.1 Å². The molecule has 7 rings (SSSR count). The Hall–Kier alpha value is -4.90. The van der Waals surface area contributed by atoms with E-state index in [2.05, 4.69) is 4.98 Å². The number of fused-ring (bicyclic) bond motifs is 4. The number of ether oxygens (including phenoxy) is 1. The van der Waals surface area contributed by atoms with E-state index in [9.17, 15) is 0 Å². The summed E-state index contributed by atoms with van der Waals surface area (Å²) in [7, 11) is 0. The molecule has 0 unspecified atom stereocenters. The number of aryl methyl sites for hydroxylation is 2. The minimum absolute atomic E-state index is 0.213. The third kappa shape index (κ3) is 3.55. The van der Waals surface area contributed by atoms with Crippen molar-refractivity contribution in [3.63, 3.8) is 0 Å². The lowest BCUT2D eigenvalue weighted by atomic mass is 10.1. The Morgan fingerprint density at radius 1 is 0.757 bits per heavy atom. The molecule has 5 heteroatoms. The van der Waals surface area contributed by atoms with Gasteiger partial charge in [-0.05, 0) is 67.0 Å². The van der Waals surface area contributed by atoms with Crippen LogP contribution < -0.4 is 9.30 Å². The van der Waals surface area contributed by atoms with E-state index >= 15 is 0 Å². The van der Waals surface area contributed by atoms with E-state index in [1.165, 1.54) is 16.8 Å². The van der Waals surface area contributed by atoms with Crippen LogP contribution in [0.1, 0.15) is 13.8 Å². The van der Waals surface area contributed by atoms with Gasteiger partial charge in [0.25, 0.3) is 0 Å². The Balaban J connectivity index is 1.32. The normalized spacial score (nSPS) is 14.6. The molecule has 178 valence electrons. The van der Waals surface area contributed by atoms with Crippen molar-refractivity contribution in [3.8, 4) is 23.0 Å². The zero-order valence-electron chi connectivity index (χ0n) is 25.7. The second-order valence-electron chi connectivity index (χ2n) is 8.88. The minimum Gasteiger partial charge on any atom is -0.457 e. The first-order chi connectivity index (χ1) is 20.6. The van der Waals surface area contributed by atoms with Crippen LogP contribution in [0.25, 0.3) is 44.3 Å². The monoisotopic (exact) mass is 487 g/mol. The van der Waals surface area contributed by atoms with Crippen LogP contribution in [0.5, 0.6) is 11.5 Å². The van der Waals surface area contributed by atoms with Crippen LogP contribution in [0.4, 0.5) is 0 Å². The lowest BCUT2D eigenvalue weighted by Gasteiger charge is -2.10. The van der Waals surface area contributed by atoms with E-state index in [0.717, 1.165) is 33.0 Å².